The van der Waals surface area contributed by atoms with Crippen LogP contribution in [0, 0.1) is 17.1 Å². The lowest BCUT2D eigenvalue weighted by Gasteiger charge is -2.37. The molecule has 1 fully saturated rings. The van der Waals surface area contributed by atoms with Crippen LogP contribution >= 0.6 is 0 Å². The van der Waals surface area contributed by atoms with Gasteiger partial charge in [-0.05, 0) is 60.9 Å². The fourth-order valence-electron chi connectivity index (χ4n) is 4.09. The Hall–Kier alpha value is -5.24. The molecule has 10 nitrogen and oxygen atoms in total. The van der Waals surface area contributed by atoms with E-state index in [1.165, 1.54) is 29.8 Å². The quantitative estimate of drug-likeness (QED) is 0.281. The molecule has 0 saturated carbocycles. The van der Waals surface area contributed by atoms with E-state index in [1.54, 1.807) is 12.3 Å². The van der Waals surface area contributed by atoms with E-state index in [9.17, 15) is 35.5 Å². The van der Waals surface area contributed by atoms with Gasteiger partial charge in [0.15, 0.2) is 0 Å². The number of likely N-dealkylation sites (tertiary alicyclic amines) is 1. The fourth-order valence-corrected chi connectivity index (χ4v) is 4.09. The number of nitrogens with one attached hydrogen (secondary N) is 1. The Balaban J connectivity index is 0.000000459. The zero-order chi connectivity index (χ0) is 35.4. The number of carboxylic acid groups (broad SMARTS) is 2. The number of carbonyl (C=O) groups is 3. The smallest absolute Gasteiger partial charge is 0.475 e. The molecule has 17 heteroatoms. The average Bonchev–Trinajstić information content (AvgIpc) is 3.01. The van der Waals surface area contributed by atoms with Crippen LogP contribution in [-0.4, -0.2) is 76.5 Å². The molecule has 1 aromatic heterocycles. The molecule has 3 aromatic rings. The van der Waals surface area contributed by atoms with Crippen LogP contribution in [0.3, 0.4) is 0 Å². The minimum absolute atomic E-state index is 0.286. The van der Waals surface area contributed by atoms with E-state index in [1.807, 2.05) is 37.4 Å². The van der Waals surface area contributed by atoms with Gasteiger partial charge in [-0.15, -0.1) is 0 Å². The molecule has 0 bridgehead atoms. The molecule has 0 unspecified atom stereocenters. The van der Waals surface area contributed by atoms with Crippen molar-refractivity contribution in [2.45, 2.75) is 37.8 Å². The molecule has 2 heterocycles. The lowest BCUT2D eigenvalue weighted by molar-refractivity contribution is -0.193. The van der Waals surface area contributed by atoms with Crippen LogP contribution in [0.2, 0.25) is 0 Å². The number of amides is 1. The second-order valence-electron chi connectivity index (χ2n) is 9.90. The number of aliphatic carboxylic acids is 2. The van der Waals surface area contributed by atoms with Crippen LogP contribution in [0.4, 0.5) is 42.2 Å². The number of benzene rings is 2. The molecule has 0 spiro atoms. The first-order valence-electron chi connectivity index (χ1n) is 13.5. The molecule has 47 heavy (non-hydrogen) atoms. The average molecular weight is 672 g/mol. The van der Waals surface area contributed by atoms with Gasteiger partial charge in [-0.25, -0.2) is 19.0 Å². The van der Waals surface area contributed by atoms with Gasteiger partial charge >= 0.3 is 24.3 Å². The Morgan fingerprint density at radius 1 is 0.936 bits per heavy atom. The largest absolute Gasteiger partial charge is 0.490 e. The van der Waals surface area contributed by atoms with E-state index >= 15 is 0 Å². The Bertz CT molecular complexity index is 1510. The maximum Gasteiger partial charge on any atom is 0.490 e. The summed E-state index contributed by atoms with van der Waals surface area (Å²) in [6.07, 6.45) is -6.45. The van der Waals surface area contributed by atoms with Crippen molar-refractivity contribution < 1.29 is 55.3 Å². The first-order valence-corrected chi connectivity index (χ1v) is 13.5. The third-order valence-corrected chi connectivity index (χ3v) is 6.55. The highest BCUT2D eigenvalue weighted by Crippen LogP contribution is 2.24. The standard InChI is InChI=1S/C26H26FN5O.2C2HF3O2/c1-31(24-11-14-32(15-12-24)18-20-4-2-19(17-28)3-5-20)25-16-23(10-13-29-25)30-26(33)21-6-8-22(27)9-7-21;2*3-2(4,5)1(6)7/h2-10,13,16,24H,11-12,14-15,18H2,1H3,(H,29,30,33);2*(H,6,7). The van der Waals surface area contributed by atoms with E-state index in [0.717, 1.165) is 38.3 Å². The number of nitriles is 1. The SMILES string of the molecule is CN(c1cc(NC(=O)c2ccc(F)cc2)ccn1)C1CCN(Cc2ccc(C#N)cc2)CC1.O=C(O)C(F)(F)F.O=C(O)C(F)(F)F. The normalized spacial score (nSPS) is 13.5. The lowest BCUT2D eigenvalue weighted by atomic mass is 10.0. The van der Waals surface area contributed by atoms with Crippen molar-refractivity contribution >= 4 is 29.4 Å². The highest BCUT2D eigenvalue weighted by Gasteiger charge is 2.38. The van der Waals surface area contributed by atoms with Crippen molar-refractivity contribution in [3.8, 4) is 6.07 Å². The topological polar surface area (TPSA) is 147 Å². The molecule has 2 aromatic carbocycles. The molecule has 0 aliphatic carbocycles. The van der Waals surface area contributed by atoms with Crippen LogP contribution in [0.1, 0.15) is 34.3 Å². The number of aromatic nitrogens is 1. The summed E-state index contributed by atoms with van der Waals surface area (Å²) in [5.41, 5.74) is 2.95. The number of alkyl halides is 6. The molecule has 1 saturated heterocycles. The van der Waals surface area contributed by atoms with Gasteiger partial charge < -0.3 is 20.4 Å². The number of hydrogen-bond acceptors (Lipinski definition) is 7. The number of hydrogen-bond donors (Lipinski definition) is 3. The van der Waals surface area contributed by atoms with Crippen LogP contribution in [0.5, 0.6) is 0 Å². The number of halogens is 7. The number of carbonyl (C=O) groups excluding carboxylic acids is 1. The summed E-state index contributed by atoms with van der Waals surface area (Å²) < 4.78 is 76.6. The Morgan fingerprint density at radius 2 is 1.45 bits per heavy atom. The highest BCUT2D eigenvalue weighted by molar-refractivity contribution is 6.04. The van der Waals surface area contributed by atoms with Crippen LogP contribution in [0.25, 0.3) is 0 Å². The van der Waals surface area contributed by atoms with Gasteiger partial charge in [0.1, 0.15) is 11.6 Å². The number of piperidine rings is 1. The van der Waals surface area contributed by atoms with E-state index in [4.69, 9.17) is 25.1 Å². The molecule has 1 amide bonds. The minimum Gasteiger partial charge on any atom is -0.475 e. The highest BCUT2D eigenvalue weighted by atomic mass is 19.4. The molecule has 0 radical (unpaired) electrons. The maximum atomic E-state index is 13.1. The number of rotatable bonds is 6. The van der Waals surface area contributed by atoms with Crippen molar-refractivity contribution in [3.63, 3.8) is 0 Å². The van der Waals surface area contributed by atoms with E-state index in [2.05, 4.69) is 26.2 Å². The minimum atomic E-state index is -5.08. The van der Waals surface area contributed by atoms with Gasteiger partial charge in [-0.3, -0.25) is 9.69 Å². The second-order valence-corrected chi connectivity index (χ2v) is 9.90. The lowest BCUT2D eigenvalue weighted by Crippen LogP contribution is -2.43. The summed E-state index contributed by atoms with van der Waals surface area (Å²) in [5.74, 6) is -5.37. The zero-order valence-corrected chi connectivity index (χ0v) is 24.5. The van der Waals surface area contributed by atoms with Gasteiger partial charge in [0.2, 0.25) is 0 Å². The van der Waals surface area contributed by atoms with Gasteiger partial charge in [-0.2, -0.15) is 31.6 Å². The first-order chi connectivity index (χ1) is 21.9. The Kier molecular flexibility index (Phi) is 13.6. The van der Waals surface area contributed by atoms with Crippen LogP contribution < -0.4 is 10.2 Å². The monoisotopic (exact) mass is 671 g/mol. The van der Waals surface area contributed by atoms with Crippen molar-refractivity contribution in [1.29, 1.82) is 5.26 Å². The predicted octanol–water partition coefficient (Wildman–Crippen LogP) is 5.71. The number of anilines is 2. The summed E-state index contributed by atoms with van der Waals surface area (Å²) in [5, 5.41) is 26.1. The van der Waals surface area contributed by atoms with Gasteiger partial charge in [-0.1, -0.05) is 12.1 Å². The van der Waals surface area contributed by atoms with Crippen molar-refractivity contribution in [3.05, 3.63) is 89.4 Å². The third-order valence-electron chi connectivity index (χ3n) is 6.55. The Morgan fingerprint density at radius 3 is 1.91 bits per heavy atom. The number of nitrogens with zero attached hydrogens (tertiary/aromatic N) is 4. The zero-order valence-electron chi connectivity index (χ0n) is 24.5. The Labute approximate surface area is 263 Å². The molecule has 252 valence electrons. The summed E-state index contributed by atoms with van der Waals surface area (Å²) in [4.78, 5) is 39.3. The molecule has 1 aliphatic rings. The molecule has 3 N–H and O–H groups in total. The van der Waals surface area contributed by atoms with Crippen molar-refractivity contribution in [1.82, 2.24) is 9.88 Å². The van der Waals surface area contributed by atoms with Crippen molar-refractivity contribution in [2.24, 2.45) is 0 Å². The molecule has 1 aliphatic heterocycles. The summed E-state index contributed by atoms with van der Waals surface area (Å²) in [6.45, 7) is 2.84. The van der Waals surface area contributed by atoms with Gasteiger partial charge in [0.25, 0.3) is 5.91 Å². The van der Waals surface area contributed by atoms with Crippen molar-refractivity contribution in [2.75, 3.05) is 30.4 Å². The molecule has 4 rings (SSSR count). The second kappa shape index (κ2) is 16.9. The molecule has 0 atom stereocenters. The fraction of sp³-hybridized carbons (Fsp3) is 0.300. The summed E-state index contributed by atoms with van der Waals surface area (Å²) >= 11 is 0. The van der Waals surface area contributed by atoms with Gasteiger partial charge in [0.05, 0.1) is 11.6 Å². The summed E-state index contributed by atoms with van der Waals surface area (Å²) in [7, 11) is 2.04. The molecular weight excluding hydrogens is 643 g/mol. The van der Waals surface area contributed by atoms with Crippen LogP contribution in [-0.2, 0) is 16.1 Å². The molecular formula is C30H28F7N5O5. The van der Waals surface area contributed by atoms with E-state index in [-0.39, 0.29) is 11.7 Å². The predicted molar refractivity (Wildman–Crippen MR) is 154 cm³/mol. The number of pyridine rings is 1. The van der Waals surface area contributed by atoms with E-state index in [0.29, 0.717) is 22.9 Å². The first kappa shape index (κ1) is 37.9. The van der Waals surface area contributed by atoms with E-state index < -0.39 is 24.3 Å². The third kappa shape index (κ3) is 13.0. The van der Waals surface area contributed by atoms with Crippen LogP contribution in [0.15, 0.2) is 66.9 Å². The maximum absolute atomic E-state index is 13.1. The van der Waals surface area contributed by atoms with Gasteiger partial charge in [0, 0.05) is 56.2 Å². The number of carboxylic acids is 2. The summed E-state index contributed by atoms with van der Waals surface area (Å²) in [6, 6.07) is 19.4.